The number of carbonyl (C=O) groups is 1. The van der Waals surface area contributed by atoms with Gasteiger partial charge in [0.25, 0.3) is 0 Å². The van der Waals surface area contributed by atoms with Gasteiger partial charge >= 0.3 is 0 Å². The van der Waals surface area contributed by atoms with E-state index in [9.17, 15) is 4.79 Å². The summed E-state index contributed by atoms with van der Waals surface area (Å²) in [6, 6.07) is 12.6. The fourth-order valence-electron chi connectivity index (χ4n) is 2.06. The maximum atomic E-state index is 12.1. The molecule has 0 atom stereocenters. The summed E-state index contributed by atoms with van der Waals surface area (Å²) in [5.74, 6) is 0.983. The Morgan fingerprint density at radius 3 is 2.48 bits per heavy atom. The number of hydrogen-bond acceptors (Lipinski definition) is 3. The Balaban J connectivity index is 2.25. The van der Waals surface area contributed by atoms with E-state index in [0.29, 0.717) is 22.1 Å². The maximum absolute atomic E-state index is 12.1. The predicted octanol–water partition coefficient (Wildman–Crippen LogP) is 5.03. The van der Waals surface area contributed by atoms with Crippen molar-refractivity contribution in [1.82, 2.24) is 0 Å². The second kappa shape index (κ2) is 7.84. The largest absolute Gasteiger partial charge is 0.493 e. The average molecular weight is 331 g/mol. The molecule has 0 aliphatic rings. The number of carbonyl (C=O) groups excluding carboxylic acids is 1. The zero-order chi connectivity index (χ0) is 16.8. The van der Waals surface area contributed by atoms with Gasteiger partial charge in [-0.2, -0.15) is 0 Å². The second-order valence-corrected chi connectivity index (χ2v) is 5.67. The number of ether oxygens (including phenoxy) is 2. The van der Waals surface area contributed by atoms with E-state index >= 15 is 0 Å². The first-order valence-corrected chi connectivity index (χ1v) is 7.70. The summed E-state index contributed by atoms with van der Waals surface area (Å²) in [7, 11) is 1.56. The Bertz CT molecular complexity index is 706. The molecule has 120 valence electrons. The van der Waals surface area contributed by atoms with Crippen molar-refractivity contribution < 1.29 is 14.3 Å². The van der Waals surface area contributed by atoms with Crippen LogP contribution in [-0.4, -0.2) is 19.0 Å². The van der Waals surface area contributed by atoms with Gasteiger partial charge in [-0.15, -0.1) is 0 Å². The lowest BCUT2D eigenvalue weighted by molar-refractivity contribution is 0.104. The highest BCUT2D eigenvalue weighted by Gasteiger charge is 2.12. The molecule has 0 unspecified atom stereocenters. The lowest BCUT2D eigenvalue weighted by Gasteiger charge is -2.15. The van der Waals surface area contributed by atoms with Gasteiger partial charge in [0.2, 0.25) is 0 Å². The van der Waals surface area contributed by atoms with Crippen LogP contribution in [-0.2, 0) is 0 Å². The minimum atomic E-state index is -0.0665. The van der Waals surface area contributed by atoms with Crippen LogP contribution in [0.25, 0.3) is 6.08 Å². The third kappa shape index (κ3) is 4.60. The van der Waals surface area contributed by atoms with Crippen molar-refractivity contribution in [3.8, 4) is 11.5 Å². The Morgan fingerprint density at radius 1 is 1.17 bits per heavy atom. The molecule has 3 nitrogen and oxygen atoms in total. The van der Waals surface area contributed by atoms with Crippen molar-refractivity contribution in [3.05, 3.63) is 64.7 Å². The van der Waals surface area contributed by atoms with E-state index in [4.69, 9.17) is 21.1 Å². The Hall–Kier alpha value is -2.26. The molecule has 0 fully saturated rings. The van der Waals surface area contributed by atoms with Crippen LogP contribution in [0.15, 0.2) is 48.5 Å². The van der Waals surface area contributed by atoms with Crippen molar-refractivity contribution in [2.45, 2.75) is 20.0 Å². The van der Waals surface area contributed by atoms with Gasteiger partial charge in [-0.1, -0.05) is 48.0 Å². The zero-order valence-corrected chi connectivity index (χ0v) is 14.1. The van der Waals surface area contributed by atoms with Crippen LogP contribution in [0, 0.1) is 0 Å². The van der Waals surface area contributed by atoms with Crippen molar-refractivity contribution >= 4 is 23.5 Å². The zero-order valence-electron chi connectivity index (χ0n) is 13.4. The van der Waals surface area contributed by atoms with Gasteiger partial charge in [-0.3, -0.25) is 4.79 Å². The first-order valence-electron chi connectivity index (χ1n) is 7.33. The normalized spacial score (nSPS) is 11.0. The van der Waals surface area contributed by atoms with Gasteiger partial charge in [0.05, 0.1) is 18.2 Å². The quantitative estimate of drug-likeness (QED) is 0.550. The van der Waals surface area contributed by atoms with Crippen LogP contribution in [0.1, 0.15) is 29.8 Å². The van der Waals surface area contributed by atoms with Crippen LogP contribution in [0.4, 0.5) is 0 Å². The van der Waals surface area contributed by atoms with Gasteiger partial charge in [-0.25, -0.2) is 0 Å². The Labute approximate surface area is 141 Å². The van der Waals surface area contributed by atoms with Gasteiger partial charge in [0.15, 0.2) is 17.3 Å². The molecule has 2 aromatic rings. The number of rotatable bonds is 6. The molecule has 0 spiro atoms. The molecule has 23 heavy (non-hydrogen) atoms. The first-order chi connectivity index (χ1) is 11.0. The van der Waals surface area contributed by atoms with Gasteiger partial charge < -0.3 is 9.47 Å². The van der Waals surface area contributed by atoms with Crippen LogP contribution in [0.2, 0.25) is 5.02 Å². The molecule has 0 aliphatic heterocycles. The third-order valence-electron chi connectivity index (χ3n) is 3.09. The minimum Gasteiger partial charge on any atom is -0.493 e. The molecule has 2 aromatic carbocycles. The Morgan fingerprint density at radius 2 is 1.87 bits per heavy atom. The molecule has 0 aliphatic carbocycles. The molecule has 0 heterocycles. The average Bonchev–Trinajstić information content (AvgIpc) is 2.55. The van der Waals surface area contributed by atoms with Crippen LogP contribution >= 0.6 is 11.6 Å². The van der Waals surface area contributed by atoms with E-state index in [1.54, 1.807) is 37.5 Å². The number of hydrogen-bond donors (Lipinski definition) is 0. The molecule has 0 aromatic heterocycles. The van der Waals surface area contributed by atoms with Crippen LogP contribution < -0.4 is 9.47 Å². The van der Waals surface area contributed by atoms with E-state index < -0.39 is 0 Å². The summed E-state index contributed by atoms with van der Waals surface area (Å²) in [5.41, 5.74) is 1.41. The molecule has 0 amide bonds. The number of benzene rings is 2. The molecule has 4 heteroatoms. The summed E-state index contributed by atoms with van der Waals surface area (Å²) < 4.78 is 11.0. The minimum absolute atomic E-state index is 0.0116. The summed E-state index contributed by atoms with van der Waals surface area (Å²) >= 11 is 6.27. The SMILES string of the molecule is COc1cc(/C=C/C(=O)c2ccccc2)cc(Cl)c1OC(C)C. The van der Waals surface area contributed by atoms with Crippen LogP contribution in [0.5, 0.6) is 11.5 Å². The van der Waals surface area contributed by atoms with Gasteiger partial charge in [0, 0.05) is 5.56 Å². The number of ketones is 1. The highest BCUT2D eigenvalue weighted by atomic mass is 35.5. The fourth-order valence-corrected chi connectivity index (χ4v) is 2.32. The molecule has 0 bridgehead atoms. The standard InChI is InChI=1S/C19H19ClO3/c1-13(2)23-19-16(20)11-14(12-18(19)22-3)9-10-17(21)15-7-5-4-6-8-15/h4-13H,1-3H3/b10-9+. The monoisotopic (exact) mass is 330 g/mol. The van der Waals surface area contributed by atoms with E-state index in [0.717, 1.165) is 5.56 Å². The van der Waals surface area contributed by atoms with Crippen LogP contribution in [0.3, 0.4) is 0 Å². The predicted molar refractivity (Wildman–Crippen MR) is 93.6 cm³/mol. The fraction of sp³-hybridized carbons (Fsp3) is 0.211. The smallest absolute Gasteiger partial charge is 0.185 e. The second-order valence-electron chi connectivity index (χ2n) is 5.26. The van der Waals surface area contributed by atoms with E-state index in [1.807, 2.05) is 32.0 Å². The highest BCUT2D eigenvalue weighted by Crippen LogP contribution is 2.37. The van der Waals surface area contributed by atoms with Gasteiger partial charge in [0.1, 0.15) is 0 Å². The lowest BCUT2D eigenvalue weighted by Crippen LogP contribution is -2.07. The maximum Gasteiger partial charge on any atom is 0.185 e. The van der Waals surface area contributed by atoms with E-state index in [-0.39, 0.29) is 11.9 Å². The number of halogens is 1. The molecule has 0 radical (unpaired) electrons. The molecule has 0 saturated heterocycles. The molecule has 0 N–H and O–H groups in total. The summed E-state index contributed by atoms with van der Waals surface area (Å²) in [6.07, 6.45) is 3.22. The van der Waals surface area contributed by atoms with Crippen molar-refractivity contribution in [2.75, 3.05) is 7.11 Å². The Kier molecular flexibility index (Phi) is 5.83. The van der Waals surface area contributed by atoms with E-state index in [1.165, 1.54) is 6.08 Å². The molecular formula is C19H19ClO3. The molecular weight excluding hydrogens is 312 g/mol. The molecule has 0 saturated carbocycles. The lowest BCUT2D eigenvalue weighted by atomic mass is 10.1. The highest BCUT2D eigenvalue weighted by molar-refractivity contribution is 6.32. The summed E-state index contributed by atoms with van der Waals surface area (Å²) in [5, 5.41) is 0.449. The summed E-state index contributed by atoms with van der Waals surface area (Å²) in [6.45, 7) is 3.84. The van der Waals surface area contributed by atoms with Crippen molar-refractivity contribution in [3.63, 3.8) is 0 Å². The summed E-state index contributed by atoms with van der Waals surface area (Å²) in [4.78, 5) is 12.1. The molecule has 2 rings (SSSR count). The van der Waals surface area contributed by atoms with E-state index in [2.05, 4.69) is 0 Å². The van der Waals surface area contributed by atoms with Crippen molar-refractivity contribution in [1.29, 1.82) is 0 Å². The van der Waals surface area contributed by atoms with Crippen molar-refractivity contribution in [2.24, 2.45) is 0 Å². The first kappa shape index (κ1) is 17.1. The number of methoxy groups -OCH3 is 1. The topological polar surface area (TPSA) is 35.5 Å². The third-order valence-corrected chi connectivity index (χ3v) is 3.37. The number of allylic oxidation sites excluding steroid dienone is 1. The van der Waals surface area contributed by atoms with Gasteiger partial charge in [-0.05, 0) is 37.6 Å².